The third kappa shape index (κ3) is 3.40. The van der Waals surface area contributed by atoms with Crippen molar-refractivity contribution in [2.45, 2.75) is 43.6 Å². The Morgan fingerprint density at radius 3 is 1.62 bits per heavy atom. The summed E-state index contributed by atoms with van der Waals surface area (Å²) in [5, 5.41) is 0.584. The molecular weight excluding hydrogens is 486 g/mol. The second-order valence-electron chi connectivity index (χ2n) is 10.7. The van der Waals surface area contributed by atoms with Gasteiger partial charge in [0.05, 0.1) is 17.8 Å². The molecule has 186 valence electrons. The molecule has 3 aromatic rings. The summed E-state index contributed by atoms with van der Waals surface area (Å²) in [5.74, 6) is -1.000. The molecule has 2 bridgehead atoms. The second kappa shape index (κ2) is 8.56. The van der Waals surface area contributed by atoms with Gasteiger partial charge in [0, 0.05) is 22.9 Å². The molecular formula is C31H26ClNO4. The molecule has 37 heavy (non-hydrogen) atoms. The number of nitrogens with zero attached hydrogens (tertiary/aromatic N) is 1. The van der Waals surface area contributed by atoms with Gasteiger partial charge in [-0.2, -0.15) is 0 Å². The van der Waals surface area contributed by atoms with E-state index in [1.165, 1.54) is 22.3 Å². The Morgan fingerprint density at radius 1 is 0.703 bits per heavy atom. The van der Waals surface area contributed by atoms with Crippen molar-refractivity contribution in [3.63, 3.8) is 0 Å². The molecule has 1 aliphatic heterocycles. The fourth-order valence-corrected chi connectivity index (χ4v) is 7.46. The van der Waals surface area contributed by atoms with Crippen LogP contribution in [0.1, 0.15) is 59.8 Å². The molecule has 2 atom stereocenters. The number of likely N-dealkylation sites (tertiary alicyclic amines) is 1. The van der Waals surface area contributed by atoms with E-state index in [4.69, 9.17) is 16.3 Å². The van der Waals surface area contributed by atoms with E-state index in [0.717, 1.165) is 0 Å². The van der Waals surface area contributed by atoms with Crippen molar-refractivity contribution in [1.82, 2.24) is 4.90 Å². The fourth-order valence-electron chi connectivity index (χ4n) is 7.33. The molecule has 1 heterocycles. The zero-order valence-corrected chi connectivity index (χ0v) is 20.9. The number of hydrogen-bond donors (Lipinski definition) is 0. The van der Waals surface area contributed by atoms with Crippen LogP contribution in [0.15, 0.2) is 72.8 Å². The molecule has 0 N–H and O–H groups in total. The van der Waals surface area contributed by atoms with Crippen molar-refractivity contribution in [3.05, 3.63) is 100 Å². The summed E-state index contributed by atoms with van der Waals surface area (Å²) in [4.78, 5) is 42.2. The standard InChI is InChI=1S/C31H26ClNO4/c32-18-11-15-20(16-12-18)37-31(36)17-9-13-19(14-10-17)33-29(34)27-25-21-5-1-2-6-22(21)26(28(27)30(33)35)24-8-4-3-7-23(24)25/h1-8,11-12,15-17,19,25-28H,9-10,13-14H2/t17?,19?,25?,26?,27-,28+. The van der Waals surface area contributed by atoms with Crippen molar-refractivity contribution in [3.8, 4) is 5.75 Å². The maximum absolute atomic E-state index is 13.9. The first kappa shape index (κ1) is 22.7. The first-order chi connectivity index (χ1) is 18.0. The lowest BCUT2D eigenvalue weighted by Gasteiger charge is -2.45. The Morgan fingerprint density at radius 2 is 1.16 bits per heavy atom. The molecule has 3 aromatic carbocycles. The first-order valence-electron chi connectivity index (χ1n) is 13.0. The molecule has 1 saturated carbocycles. The van der Waals surface area contributed by atoms with Gasteiger partial charge in [0.1, 0.15) is 5.75 Å². The van der Waals surface area contributed by atoms with Gasteiger partial charge in [0.15, 0.2) is 0 Å². The van der Waals surface area contributed by atoms with Crippen LogP contribution in [0.25, 0.3) is 0 Å². The Kier molecular flexibility index (Phi) is 5.26. The van der Waals surface area contributed by atoms with Crippen molar-refractivity contribution in [2.24, 2.45) is 17.8 Å². The van der Waals surface area contributed by atoms with E-state index in [2.05, 4.69) is 24.3 Å². The van der Waals surface area contributed by atoms with Crippen molar-refractivity contribution >= 4 is 29.4 Å². The van der Waals surface area contributed by atoms with Gasteiger partial charge in [-0.1, -0.05) is 60.1 Å². The third-order valence-electron chi connectivity index (χ3n) is 8.91. The number of rotatable bonds is 3. The van der Waals surface area contributed by atoms with Crippen LogP contribution in [0, 0.1) is 17.8 Å². The number of esters is 1. The Labute approximate surface area is 220 Å². The van der Waals surface area contributed by atoms with Gasteiger partial charge in [-0.05, 0) is 72.2 Å². The van der Waals surface area contributed by atoms with E-state index in [1.54, 1.807) is 29.2 Å². The van der Waals surface area contributed by atoms with Gasteiger partial charge in [0.2, 0.25) is 11.8 Å². The van der Waals surface area contributed by atoms with E-state index >= 15 is 0 Å². The number of benzene rings is 3. The van der Waals surface area contributed by atoms with E-state index in [9.17, 15) is 14.4 Å². The largest absolute Gasteiger partial charge is 0.426 e. The molecule has 6 heteroatoms. The summed E-state index contributed by atoms with van der Waals surface area (Å²) in [7, 11) is 0. The predicted molar refractivity (Wildman–Crippen MR) is 138 cm³/mol. The SMILES string of the molecule is O=C(Oc1ccc(Cl)cc1)C1CCC(N2C(=O)[C@@H]3C4c5ccccc5C(c5ccccc54)[C@@H]3C2=O)CC1. The van der Waals surface area contributed by atoms with E-state index < -0.39 is 0 Å². The molecule has 0 aromatic heterocycles. The smallest absolute Gasteiger partial charge is 0.314 e. The monoisotopic (exact) mass is 511 g/mol. The van der Waals surface area contributed by atoms with Gasteiger partial charge < -0.3 is 4.74 Å². The van der Waals surface area contributed by atoms with Crippen LogP contribution < -0.4 is 4.74 Å². The summed E-state index contributed by atoms with van der Waals surface area (Å²) in [6.07, 6.45) is 2.42. The maximum atomic E-state index is 13.9. The lowest BCUT2D eigenvalue weighted by molar-refractivity contribution is -0.144. The lowest BCUT2D eigenvalue weighted by atomic mass is 9.55. The van der Waals surface area contributed by atoms with E-state index in [-0.39, 0.29) is 53.4 Å². The highest BCUT2D eigenvalue weighted by molar-refractivity contribution is 6.30. The minimum atomic E-state index is -0.352. The summed E-state index contributed by atoms with van der Waals surface area (Å²) in [5.41, 5.74) is 4.74. The minimum absolute atomic E-state index is 0.0406. The molecule has 8 rings (SSSR count). The highest BCUT2D eigenvalue weighted by Gasteiger charge is 2.62. The summed E-state index contributed by atoms with van der Waals surface area (Å²) in [6, 6.07) is 23.2. The number of halogens is 1. The molecule has 0 radical (unpaired) electrons. The van der Waals surface area contributed by atoms with Crippen LogP contribution in [0.5, 0.6) is 5.75 Å². The van der Waals surface area contributed by atoms with Crippen molar-refractivity contribution in [1.29, 1.82) is 0 Å². The fraction of sp³-hybridized carbons (Fsp3) is 0.323. The second-order valence-corrected chi connectivity index (χ2v) is 11.1. The quantitative estimate of drug-likeness (QED) is 0.257. The predicted octanol–water partition coefficient (Wildman–Crippen LogP) is 5.70. The number of hydrogen-bond acceptors (Lipinski definition) is 4. The van der Waals surface area contributed by atoms with Crippen LogP contribution in [0.4, 0.5) is 0 Å². The van der Waals surface area contributed by atoms with Gasteiger partial charge in [-0.15, -0.1) is 0 Å². The van der Waals surface area contributed by atoms with Crippen molar-refractivity contribution in [2.75, 3.05) is 0 Å². The topological polar surface area (TPSA) is 63.7 Å². The number of amides is 2. The highest BCUT2D eigenvalue weighted by Crippen LogP contribution is 2.61. The molecule has 0 unspecified atom stereocenters. The Bertz CT molecular complexity index is 1310. The molecule has 2 fully saturated rings. The zero-order valence-electron chi connectivity index (χ0n) is 20.2. The van der Waals surface area contributed by atoms with E-state index in [0.29, 0.717) is 36.5 Å². The Balaban J connectivity index is 1.12. The molecule has 5 nitrogen and oxygen atoms in total. The van der Waals surface area contributed by atoms with Gasteiger partial charge in [0.25, 0.3) is 0 Å². The molecule has 4 aliphatic carbocycles. The van der Waals surface area contributed by atoms with Crippen molar-refractivity contribution < 1.29 is 19.1 Å². The highest BCUT2D eigenvalue weighted by atomic mass is 35.5. The van der Waals surface area contributed by atoms with Gasteiger partial charge >= 0.3 is 5.97 Å². The molecule has 0 spiro atoms. The number of carbonyl (C=O) groups excluding carboxylic acids is 3. The summed E-state index contributed by atoms with van der Waals surface area (Å²) < 4.78 is 5.55. The number of imide groups is 1. The van der Waals surface area contributed by atoms with E-state index in [1.807, 2.05) is 24.3 Å². The normalized spacial score (nSPS) is 29.5. The van der Waals surface area contributed by atoms with Crippen LogP contribution in [-0.4, -0.2) is 28.7 Å². The van der Waals surface area contributed by atoms with Crippen LogP contribution in [0.3, 0.4) is 0 Å². The third-order valence-corrected chi connectivity index (χ3v) is 9.16. The maximum Gasteiger partial charge on any atom is 0.314 e. The number of carbonyl (C=O) groups is 3. The average molecular weight is 512 g/mol. The summed E-state index contributed by atoms with van der Waals surface area (Å²) in [6.45, 7) is 0. The average Bonchev–Trinajstić information content (AvgIpc) is 3.20. The number of ether oxygens (including phenoxy) is 1. The first-order valence-corrected chi connectivity index (χ1v) is 13.4. The Hall–Kier alpha value is -3.44. The van der Waals surface area contributed by atoms with Gasteiger partial charge in [-0.25, -0.2) is 0 Å². The minimum Gasteiger partial charge on any atom is -0.426 e. The molecule has 1 saturated heterocycles. The lowest BCUT2D eigenvalue weighted by Crippen LogP contribution is -2.44. The van der Waals surface area contributed by atoms with Crippen LogP contribution in [-0.2, 0) is 14.4 Å². The molecule has 5 aliphatic rings. The molecule has 2 amide bonds. The zero-order chi connectivity index (χ0) is 25.3. The summed E-state index contributed by atoms with van der Waals surface area (Å²) >= 11 is 5.92. The van der Waals surface area contributed by atoms with Crippen LogP contribution >= 0.6 is 11.6 Å². The van der Waals surface area contributed by atoms with Crippen LogP contribution in [0.2, 0.25) is 5.02 Å². The van der Waals surface area contributed by atoms with Gasteiger partial charge in [-0.3, -0.25) is 19.3 Å².